The molecule has 0 radical (unpaired) electrons. The van der Waals surface area contributed by atoms with E-state index in [0.29, 0.717) is 17.8 Å². The van der Waals surface area contributed by atoms with Gasteiger partial charge in [0.1, 0.15) is 12.1 Å². The highest BCUT2D eigenvalue weighted by atomic mass is 16.5. The van der Waals surface area contributed by atoms with Crippen molar-refractivity contribution in [2.75, 3.05) is 6.54 Å². The van der Waals surface area contributed by atoms with Crippen LogP contribution in [0.25, 0.3) is 0 Å². The number of carbonyl (C=O) groups is 1. The van der Waals surface area contributed by atoms with Crippen molar-refractivity contribution >= 4 is 5.97 Å². The van der Waals surface area contributed by atoms with E-state index in [1.807, 2.05) is 0 Å². The number of ether oxygens (including phenoxy) is 1. The van der Waals surface area contributed by atoms with Crippen LogP contribution in [0.3, 0.4) is 0 Å². The third-order valence-electron chi connectivity index (χ3n) is 4.79. The number of piperidine rings is 1. The van der Waals surface area contributed by atoms with Gasteiger partial charge in [-0.1, -0.05) is 27.2 Å². The number of rotatable bonds is 3. The van der Waals surface area contributed by atoms with Crippen LogP contribution in [0, 0.1) is 17.8 Å². The van der Waals surface area contributed by atoms with Crippen molar-refractivity contribution in [1.29, 1.82) is 0 Å². The van der Waals surface area contributed by atoms with Crippen LogP contribution in [0.4, 0.5) is 0 Å². The predicted molar refractivity (Wildman–Crippen MR) is 76.9 cm³/mol. The second-order valence-electron chi connectivity index (χ2n) is 6.78. The molecule has 0 aromatic heterocycles. The molecule has 0 aromatic carbocycles. The molecule has 0 bridgehead atoms. The van der Waals surface area contributed by atoms with Gasteiger partial charge in [0.25, 0.3) is 0 Å². The summed E-state index contributed by atoms with van der Waals surface area (Å²) in [6.45, 7) is 7.70. The normalized spacial score (nSPS) is 39.8. The Morgan fingerprint density at radius 1 is 1.16 bits per heavy atom. The van der Waals surface area contributed by atoms with Crippen molar-refractivity contribution in [3.63, 3.8) is 0 Å². The molecule has 0 amide bonds. The maximum Gasteiger partial charge on any atom is 0.323 e. The summed E-state index contributed by atoms with van der Waals surface area (Å²) < 4.78 is 5.76. The summed E-state index contributed by atoms with van der Waals surface area (Å²) in [6, 6.07) is -0.0637. The molecule has 1 heterocycles. The molecule has 110 valence electrons. The standard InChI is InChI=1S/C16H29NO2/c1-4-13-5-6-17-15(10-13)16(18)19-14-8-11(2)7-12(3)9-14/h11-15,17H,4-10H2,1-3H3. The van der Waals surface area contributed by atoms with Crippen molar-refractivity contribution in [1.82, 2.24) is 5.32 Å². The molecular weight excluding hydrogens is 238 g/mol. The summed E-state index contributed by atoms with van der Waals surface area (Å²) in [7, 11) is 0. The lowest BCUT2D eigenvalue weighted by Crippen LogP contribution is -2.45. The van der Waals surface area contributed by atoms with Crippen molar-refractivity contribution in [3.8, 4) is 0 Å². The molecule has 2 aliphatic rings. The van der Waals surface area contributed by atoms with Gasteiger partial charge in [-0.05, 0) is 56.4 Å². The highest BCUT2D eigenvalue weighted by Crippen LogP contribution is 2.31. The zero-order chi connectivity index (χ0) is 13.8. The summed E-state index contributed by atoms with van der Waals surface area (Å²) in [4.78, 5) is 12.3. The molecule has 1 aliphatic heterocycles. The molecule has 1 saturated carbocycles. The van der Waals surface area contributed by atoms with Crippen LogP contribution in [0.2, 0.25) is 0 Å². The quantitative estimate of drug-likeness (QED) is 0.798. The van der Waals surface area contributed by atoms with Crippen LogP contribution in [-0.2, 0) is 9.53 Å². The SMILES string of the molecule is CCC1CCNC(C(=O)OC2CC(C)CC(C)C2)C1. The summed E-state index contributed by atoms with van der Waals surface area (Å²) in [5.74, 6) is 2.04. The van der Waals surface area contributed by atoms with E-state index in [0.717, 1.165) is 25.8 Å². The Balaban J connectivity index is 1.83. The van der Waals surface area contributed by atoms with Crippen LogP contribution < -0.4 is 5.32 Å². The predicted octanol–water partition coefficient (Wildman–Crippen LogP) is 3.13. The highest BCUT2D eigenvalue weighted by Gasteiger charge is 2.31. The van der Waals surface area contributed by atoms with E-state index in [4.69, 9.17) is 4.74 Å². The Kier molecular flexibility index (Phi) is 5.26. The minimum atomic E-state index is -0.0637. The Hall–Kier alpha value is -0.570. The fourth-order valence-corrected chi connectivity index (χ4v) is 3.76. The molecule has 1 N–H and O–H groups in total. The lowest BCUT2D eigenvalue weighted by molar-refractivity contribution is -0.155. The molecule has 1 aliphatic carbocycles. The fourth-order valence-electron chi connectivity index (χ4n) is 3.76. The summed E-state index contributed by atoms with van der Waals surface area (Å²) in [5.41, 5.74) is 0. The van der Waals surface area contributed by atoms with Gasteiger partial charge < -0.3 is 10.1 Å². The lowest BCUT2D eigenvalue weighted by atomic mass is 9.81. The van der Waals surface area contributed by atoms with Gasteiger partial charge in [0.2, 0.25) is 0 Å². The highest BCUT2D eigenvalue weighted by molar-refractivity contribution is 5.76. The largest absolute Gasteiger partial charge is 0.461 e. The van der Waals surface area contributed by atoms with E-state index in [1.165, 1.54) is 19.3 Å². The average molecular weight is 267 g/mol. The number of carbonyl (C=O) groups excluding carboxylic acids is 1. The van der Waals surface area contributed by atoms with Gasteiger partial charge in [-0.15, -0.1) is 0 Å². The van der Waals surface area contributed by atoms with Gasteiger partial charge >= 0.3 is 5.97 Å². The van der Waals surface area contributed by atoms with E-state index in [9.17, 15) is 4.79 Å². The molecule has 19 heavy (non-hydrogen) atoms. The minimum absolute atomic E-state index is 0.00977. The van der Waals surface area contributed by atoms with Gasteiger partial charge in [-0.2, -0.15) is 0 Å². The number of esters is 1. The summed E-state index contributed by atoms with van der Waals surface area (Å²) in [5, 5.41) is 3.32. The number of nitrogens with one attached hydrogen (secondary N) is 1. The molecule has 4 atom stereocenters. The van der Waals surface area contributed by atoms with Crippen LogP contribution in [0.15, 0.2) is 0 Å². The summed E-state index contributed by atoms with van der Waals surface area (Å²) in [6.07, 6.45) is 6.82. The molecule has 3 nitrogen and oxygen atoms in total. The molecule has 3 heteroatoms. The molecule has 0 aromatic rings. The van der Waals surface area contributed by atoms with Gasteiger partial charge in [0, 0.05) is 0 Å². The third-order valence-corrected chi connectivity index (χ3v) is 4.79. The van der Waals surface area contributed by atoms with Gasteiger partial charge in [0.05, 0.1) is 0 Å². The van der Waals surface area contributed by atoms with Crippen LogP contribution in [-0.4, -0.2) is 24.7 Å². The van der Waals surface area contributed by atoms with E-state index in [-0.39, 0.29) is 18.1 Å². The smallest absolute Gasteiger partial charge is 0.323 e. The molecule has 4 unspecified atom stereocenters. The van der Waals surface area contributed by atoms with Gasteiger partial charge in [-0.25, -0.2) is 0 Å². The number of hydrogen-bond acceptors (Lipinski definition) is 3. The Bertz CT molecular complexity index is 295. The van der Waals surface area contributed by atoms with E-state index < -0.39 is 0 Å². The van der Waals surface area contributed by atoms with Gasteiger partial charge in [-0.3, -0.25) is 4.79 Å². The second-order valence-corrected chi connectivity index (χ2v) is 6.78. The van der Waals surface area contributed by atoms with E-state index >= 15 is 0 Å². The molecular formula is C16H29NO2. The summed E-state index contributed by atoms with van der Waals surface area (Å²) >= 11 is 0. The molecule has 0 spiro atoms. The van der Waals surface area contributed by atoms with Crippen molar-refractivity contribution in [3.05, 3.63) is 0 Å². The minimum Gasteiger partial charge on any atom is -0.461 e. The molecule has 2 fully saturated rings. The zero-order valence-corrected chi connectivity index (χ0v) is 12.7. The fraction of sp³-hybridized carbons (Fsp3) is 0.938. The van der Waals surface area contributed by atoms with Crippen molar-refractivity contribution in [2.45, 2.75) is 71.4 Å². The average Bonchev–Trinajstić information content (AvgIpc) is 2.37. The first-order valence-electron chi connectivity index (χ1n) is 8.02. The first kappa shape index (κ1) is 14.8. The second kappa shape index (κ2) is 6.74. The topological polar surface area (TPSA) is 38.3 Å². The zero-order valence-electron chi connectivity index (χ0n) is 12.7. The van der Waals surface area contributed by atoms with E-state index in [1.54, 1.807) is 0 Å². The first-order chi connectivity index (χ1) is 9.08. The van der Waals surface area contributed by atoms with Gasteiger partial charge in [0.15, 0.2) is 0 Å². The van der Waals surface area contributed by atoms with Crippen LogP contribution in [0.1, 0.15) is 59.3 Å². The Morgan fingerprint density at radius 3 is 2.47 bits per heavy atom. The Labute approximate surface area is 117 Å². The monoisotopic (exact) mass is 267 g/mol. The Morgan fingerprint density at radius 2 is 1.84 bits per heavy atom. The molecule has 2 rings (SSSR count). The van der Waals surface area contributed by atoms with Crippen molar-refractivity contribution in [2.24, 2.45) is 17.8 Å². The molecule has 1 saturated heterocycles. The lowest BCUT2D eigenvalue weighted by Gasteiger charge is -2.33. The third kappa shape index (κ3) is 4.20. The van der Waals surface area contributed by atoms with Crippen LogP contribution >= 0.6 is 0 Å². The van der Waals surface area contributed by atoms with E-state index in [2.05, 4.69) is 26.1 Å². The number of hydrogen-bond donors (Lipinski definition) is 1. The first-order valence-corrected chi connectivity index (χ1v) is 8.02. The van der Waals surface area contributed by atoms with Crippen molar-refractivity contribution < 1.29 is 9.53 Å². The maximum absolute atomic E-state index is 12.3. The van der Waals surface area contributed by atoms with Crippen LogP contribution in [0.5, 0.6) is 0 Å². The maximum atomic E-state index is 12.3.